The summed E-state index contributed by atoms with van der Waals surface area (Å²) in [6.45, 7) is 3.10. The monoisotopic (exact) mass is 420 g/mol. The van der Waals surface area contributed by atoms with Gasteiger partial charge in [0.1, 0.15) is 0 Å². The summed E-state index contributed by atoms with van der Waals surface area (Å²) < 4.78 is 12.9. The SMILES string of the molecule is Cc1cc(Br)oc1C(=O)N(C[C@@H]1CCCO1)c1nc2ccccc2s1. The molecule has 0 unspecified atom stereocenters. The molecule has 0 spiro atoms. The molecule has 4 rings (SSSR count). The van der Waals surface area contributed by atoms with Crippen molar-refractivity contribution < 1.29 is 13.9 Å². The number of fused-ring (bicyclic) bond motifs is 1. The zero-order chi connectivity index (χ0) is 17.4. The second kappa shape index (κ2) is 6.90. The van der Waals surface area contributed by atoms with E-state index in [-0.39, 0.29) is 12.0 Å². The van der Waals surface area contributed by atoms with Crippen molar-refractivity contribution in [2.24, 2.45) is 0 Å². The van der Waals surface area contributed by atoms with E-state index in [0.717, 1.165) is 35.2 Å². The predicted octanol–water partition coefficient (Wildman–Crippen LogP) is 4.79. The van der Waals surface area contributed by atoms with Gasteiger partial charge in [0.25, 0.3) is 5.91 Å². The predicted molar refractivity (Wildman–Crippen MR) is 101 cm³/mol. The summed E-state index contributed by atoms with van der Waals surface area (Å²) in [5.74, 6) is 0.155. The number of amides is 1. The van der Waals surface area contributed by atoms with Gasteiger partial charge in [-0.3, -0.25) is 9.69 Å². The zero-order valence-corrected chi connectivity index (χ0v) is 16.1. The number of hydrogen-bond acceptors (Lipinski definition) is 5. The van der Waals surface area contributed by atoms with Gasteiger partial charge in [-0.25, -0.2) is 4.98 Å². The molecule has 0 radical (unpaired) electrons. The van der Waals surface area contributed by atoms with E-state index in [0.29, 0.717) is 22.1 Å². The lowest BCUT2D eigenvalue weighted by atomic mass is 10.2. The Morgan fingerprint density at radius 2 is 2.28 bits per heavy atom. The van der Waals surface area contributed by atoms with E-state index in [9.17, 15) is 4.79 Å². The molecule has 0 aliphatic carbocycles. The van der Waals surface area contributed by atoms with Crippen LogP contribution in [0.5, 0.6) is 0 Å². The van der Waals surface area contributed by atoms with E-state index in [2.05, 4.69) is 20.9 Å². The van der Waals surface area contributed by atoms with Crippen molar-refractivity contribution in [2.75, 3.05) is 18.1 Å². The Labute approximate surface area is 157 Å². The van der Waals surface area contributed by atoms with Crippen molar-refractivity contribution in [1.29, 1.82) is 0 Å². The molecule has 5 nitrogen and oxygen atoms in total. The maximum absolute atomic E-state index is 13.2. The summed E-state index contributed by atoms with van der Waals surface area (Å²) in [4.78, 5) is 19.5. The standard InChI is InChI=1S/C18H17BrN2O3S/c1-11-9-15(19)24-16(11)17(22)21(10-12-5-4-8-23-12)18-20-13-6-2-3-7-14(13)25-18/h2-3,6-7,9,12H,4-5,8,10H2,1H3/t12-/m0/s1. The average Bonchev–Trinajstić information content (AvgIpc) is 3.31. The molecule has 130 valence electrons. The molecule has 1 fully saturated rings. The fraction of sp³-hybridized carbons (Fsp3) is 0.333. The first-order valence-corrected chi connectivity index (χ1v) is 9.78. The molecule has 1 saturated heterocycles. The molecule has 7 heteroatoms. The zero-order valence-electron chi connectivity index (χ0n) is 13.7. The highest BCUT2D eigenvalue weighted by Crippen LogP contribution is 2.32. The van der Waals surface area contributed by atoms with Crippen LogP contribution in [0.2, 0.25) is 0 Å². The van der Waals surface area contributed by atoms with Crippen LogP contribution in [0.15, 0.2) is 39.4 Å². The minimum absolute atomic E-state index is 0.0367. The highest BCUT2D eigenvalue weighted by atomic mass is 79.9. The van der Waals surface area contributed by atoms with Crippen LogP contribution in [0, 0.1) is 6.92 Å². The lowest BCUT2D eigenvalue weighted by molar-refractivity contribution is 0.0893. The number of halogens is 1. The number of para-hydroxylation sites is 1. The number of aryl methyl sites for hydroxylation is 1. The van der Waals surface area contributed by atoms with Crippen LogP contribution in [0.1, 0.15) is 29.0 Å². The average molecular weight is 421 g/mol. The highest BCUT2D eigenvalue weighted by molar-refractivity contribution is 9.10. The first-order chi connectivity index (χ1) is 12.1. The molecule has 1 aromatic carbocycles. The van der Waals surface area contributed by atoms with Gasteiger partial charge in [0.05, 0.1) is 22.9 Å². The number of ether oxygens (including phenoxy) is 1. The molecule has 3 aromatic rings. The van der Waals surface area contributed by atoms with Crippen LogP contribution in [0.4, 0.5) is 5.13 Å². The number of furan rings is 1. The quantitative estimate of drug-likeness (QED) is 0.608. The van der Waals surface area contributed by atoms with Gasteiger partial charge in [-0.15, -0.1) is 0 Å². The number of benzene rings is 1. The number of rotatable bonds is 4. The summed E-state index contributed by atoms with van der Waals surface area (Å²) in [6.07, 6.45) is 2.02. The molecule has 2 aromatic heterocycles. The van der Waals surface area contributed by atoms with Crippen LogP contribution in [0.3, 0.4) is 0 Å². The Morgan fingerprint density at radius 3 is 2.96 bits per heavy atom. The molecule has 0 saturated carbocycles. The largest absolute Gasteiger partial charge is 0.444 e. The van der Waals surface area contributed by atoms with Gasteiger partial charge in [-0.1, -0.05) is 23.5 Å². The fourth-order valence-corrected chi connectivity index (χ4v) is 4.47. The van der Waals surface area contributed by atoms with Gasteiger partial charge in [-0.2, -0.15) is 0 Å². The molecule has 25 heavy (non-hydrogen) atoms. The molecule has 1 aliphatic heterocycles. The molecule has 0 bridgehead atoms. The number of aromatic nitrogens is 1. The van der Waals surface area contributed by atoms with Crippen LogP contribution < -0.4 is 4.90 Å². The van der Waals surface area contributed by atoms with Gasteiger partial charge in [0.15, 0.2) is 15.6 Å². The summed E-state index contributed by atoms with van der Waals surface area (Å²) >= 11 is 4.81. The van der Waals surface area contributed by atoms with Crippen molar-refractivity contribution in [3.8, 4) is 0 Å². The maximum atomic E-state index is 13.2. The summed E-state index contributed by atoms with van der Waals surface area (Å²) in [6, 6.07) is 9.70. The summed E-state index contributed by atoms with van der Waals surface area (Å²) in [7, 11) is 0. The number of carbonyl (C=O) groups is 1. The van der Waals surface area contributed by atoms with E-state index in [1.165, 1.54) is 11.3 Å². The first kappa shape index (κ1) is 16.8. The maximum Gasteiger partial charge on any atom is 0.296 e. The number of hydrogen-bond donors (Lipinski definition) is 0. The van der Waals surface area contributed by atoms with Crippen molar-refractivity contribution in [3.63, 3.8) is 0 Å². The van der Waals surface area contributed by atoms with Crippen LogP contribution >= 0.6 is 27.3 Å². The number of carbonyl (C=O) groups excluding carboxylic acids is 1. The molecular formula is C18H17BrN2O3S. The molecular weight excluding hydrogens is 404 g/mol. The fourth-order valence-electron chi connectivity index (χ4n) is 2.99. The molecule has 3 heterocycles. The van der Waals surface area contributed by atoms with Gasteiger partial charge >= 0.3 is 0 Å². The molecule has 1 atom stereocenters. The molecule has 1 aliphatic rings. The van der Waals surface area contributed by atoms with E-state index < -0.39 is 0 Å². The molecule has 1 amide bonds. The van der Waals surface area contributed by atoms with Gasteiger partial charge in [-0.05, 0) is 53.9 Å². The third-order valence-corrected chi connectivity index (χ3v) is 5.70. The lowest BCUT2D eigenvalue weighted by Crippen LogP contribution is -2.37. The van der Waals surface area contributed by atoms with Crippen molar-refractivity contribution in [1.82, 2.24) is 4.98 Å². The second-order valence-corrected chi connectivity index (χ2v) is 7.87. The van der Waals surface area contributed by atoms with Crippen LogP contribution in [-0.2, 0) is 4.74 Å². The van der Waals surface area contributed by atoms with E-state index in [4.69, 9.17) is 9.15 Å². The van der Waals surface area contributed by atoms with Crippen molar-refractivity contribution in [3.05, 3.63) is 46.3 Å². The van der Waals surface area contributed by atoms with Gasteiger partial charge in [0, 0.05) is 12.2 Å². The summed E-state index contributed by atoms with van der Waals surface area (Å²) in [5, 5.41) is 0.675. The molecule has 0 N–H and O–H groups in total. The minimum Gasteiger partial charge on any atom is -0.444 e. The Morgan fingerprint density at radius 1 is 1.44 bits per heavy atom. The number of anilines is 1. The van der Waals surface area contributed by atoms with Crippen molar-refractivity contribution >= 4 is 48.5 Å². The Balaban J connectivity index is 1.72. The third-order valence-electron chi connectivity index (χ3n) is 4.25. The third kappa shape index (κ3) is 3.36. The van der Waals surface area contributed by atoms with Crippen LogP contribution in [-0.4, -0.2) is 30.1 Å². The lowest BCUT2D eigenvalue weighted by Gasteiger charge is -2.22. The topological polar surface area (TPSA) is 55.6 Å². The minimum atomic E-state index is -0.183. The van der Waals surface area contributed by atoms with E-state index in [1.54, 1.807) is 11.0 Å². The van der Waals surface area contributed by atoms with Gasteiger partial charge < -0.3 is 9.15 Å². The Hall–Kier alpha value is -1.70. The smallest absolute Gasteiger partial charge is 0.296 e. The second-order valence-electron chi connectivity index (χ2n) is 6.08. The van der Waals surface area contributed by atoms with Gasteiger partial charge in [0.2, 0.25) is 0 Å². The van der Waals surface area contributed by atoms with Crippen molar-refractivity contribution in [2.45, 2.75) is 25.9 Å². The summed E-state index contributed by atoms with van der Waals surface area (Å²) in [5.41, 5.74) is 1.69. The number of thiazole rings is 1. The normalized spacial score (nSPS) is 17.3. The van der Waals surface area contributed by atoms with E-state index in [1.807, 2.05) is 31.2 Å². The Bertz CT molecular complexity index is 881. The highest BCUT2D eigenvalue weighted by Gasteiger charge is 2.29. The van der Waals surface area contributed by atoms with Crippen LogP contribution in [0.25, 0.3) is 10.2 Å². The Kier molecular flexibility index (Phi) is 4.62. The first-order valence-electron chi connectivity index (χ1n) is 8.17. The number of nitrogens with zero attached hydrogens (tertiary/aromatic N) is 2. The van der Waals surface area contributed by atoms with E-state index >= 15 is 0 Å².